The largest absolute Gasteiger partial charge is 0.494 e. The van der Waals surface area contributed by atoms with Crippen molar-refractivity contribution in [3.8, 4) is 5.75 Å². The Morgan fingerprint density at radius 1 is 1.12 bits per heavy atom. The second-order valence-electron chi connectivity index (χ2n) is 5.71. The number of rotatable bonds is 6. The summed E-state index contributed by atoms with van der Waals surface area (Å²) in [6.45, 7) is 6.69. The van der Waals surface area contributed by atoms with E-state index in [2.05, 4.69) is 12.2 Å². The van der Waals surface area contributed by atoms with Crippen molar-refractivity contribution in [2.75, 3.05) is 17.7 Å². The van der Waals surface area contributed by atoms with Crippen molar-refractivity contribution in [3.05, 3.63) is 53.1 Å². The molecule has 0 heterocycles. The summed E-state index contributed by atoms with van der Waals surface area (Å²) < 4.78 is 5.68. The van der Waals surface area contributed by atoms with Gasteiger partial charge >= 0.3 is 0 Å². The Balaban J connectivity index is 0.00000288. The zero-order chi connectivity index (χ0) is 16.8. The topological polar surface area (TPSA) is 64.3 Å². The lowest BCUT2D eigenvalue weighted by molar-refractivity contribution is 0.102. The van der Waals surface area contributed by atoms with Crippen LogP contribution in [-0.4, -0.2) is 12.5 Å². The fourth-order valence-electron chi connectivity index (χ4n) is 2.27. The van der Waals surface area contributed by atoms with E-state index in [1.165, 1.54) is 0 Å². The molecular formula is C19H25ClN2O2. The fraction of sp³-hybridized carbons (Fsp3) is 0.316. The van der Waals surface area contributed by atoms with Crippen LogP contribution in [0.1, 0.15) is 41.3 Å². The number of nitrogens with two attached hydrogens (primary N) is 1. The molecule has 0 fully saturated rings. The predicted molar refractivity (Wildman–Crippen MR) is 102 cm³/mol. The van der Waals surface area contributed by atoms with Gasteiger partial charge in [0.1, 0.15) is 5.75 Å². The molecule has 0 saturated carbocycles. The van der Waals surface area contributed by atoms with Gasteiger partial charge in [-0.25, -0.2) is 0 Å². The highest BCUT2D eigenvalue weighted by atomic mass is 35.5. The van der Waals surface area contributed by atoms with Gasteiger partial charge in [0.05, 0.1) is 6.61 Å². The van der Waals surface area contributed by atoms with Gasteiger partial charge in [-0.15, -0.1) is 12.4 Å². The van der Waals surface area contributed by atoms with Gasteiger partial charge in [-0.3, -0.25) is 4.79 Å². The van der Waals surface area contributed by atoms with Gasteiger partial charge in [0.15, 0.2) is 0 Å². The molecule has 2 aromatic rings. The number of unbranched alkanes of at least 4 members (excludes halogenated alkanes) is 1. The monoisotopic (exact) mass is 348 g/mol. The highest BCUT2D eigenvalue weighted by molar-refractivity contribution is 6.06. The third-order valence-electron chi connectivity index (χ3n) is 3.72. The molecule has 0 unspecified atom stereocenters. The number of hydrogen-bond donors (Lipinski definition) is 2. The van der Waals surface area contributed by atoms with Crippen LogP contribution in [0, 0.1) is 13.8 Å². The van der Waals surface area contributed by atoms with Gasteiger partial charge in [-0.2, -0.15) is 0 Å². The third-order valence-corrected chi connectivity index (χ3v) is 3.72. The molecule has 0 atom stereocenters. The number of nitrogens with one attached hydrogen (secondary N) is 1. The van der Waals surface area contributed by atoms with Crippen LogP contribution < -0.4 is 15.8 Å². The van der Waals surface area contributed by atoms with Crippen molar-refractivity contribution >= 4 is 29.7 Å². The first-order valence-electron chi connectivity index (χ1n) is 7.92. The van der Waals surface area contributed by atoms with Crippen LogP contribution in [0.25, 0.3) is 0 Å². The standard InChI is InChI=1S/C19H24N2O2.ClH/c1-4-5-10-23-16-8-9-18(14(3)11-16)21-19(22)17-12-15(20)7-6-13(17)2;/h6-9,11-12H,4-5,10,20H2,1-3H3,(H,21,22);1H. The summed E-state index contributed by atoms with van der Waals surface area (Å²) in [5.74, 6) is 0.673. The second-order valence-corrected chi connectivity index (χ2v) is 5.71. The number of nitrogen functional groups attached to an aromatic ring is 1. The van der Waals surface area contributed by atoms with Crippen LogP contribution >= 0.6 is 12.4 Å². The number of halogens is 1. The summed E-state index contributed by atoms with van der Waals surface area (Å²) in [6.07, 6.45) is 2.14. The lowest BCUT2D eigenvalue weighted by atomic mass is 10.1. The number of aryl methyl sites for hydroxylation is 2. The zero-order valence-corrected chi connectivity index (χ0v) is 15.2. The molecule has 0 radical (unpaired) electrons. The number of anilines is 2. The van der Waals surface area contributed by atoms with E-state index < -0.39 is 0 Å². The molecule has 0 saturated heterocycles. The minimum Gasteiger partial charge on any atom is -0.494 e. The first-order valence-corrected chi connectivity index (χ1v) is 7.92. The van der Waals surface area contributed by atoms with Gasteiger partial charge in [0.2, 0.25) is 0 Å². The molecular weight excluding hydrogens is 324 g/mol. The van der Waals surface area contributed by atoms with Crippen molar-refractivity contribution in [2.45, 2.75) is 33.6 Å². The summed E-state index contributed by atoms with van der Waals surface area (Å²) in [5.41, 5.74) is 9.58. The summed E-state index contributed by atoms with van der Waals surface area (Å²) in [7, 11) is 0. The predicted octanol–water partition coefficient (Wildman–Crippen LogP) is 4.74. The quantitative estimate of drug-likeness (QED) is 0.585. The molecule has 1 amide bonds. The van der Waals surface area contributed by atoms with Crippen LogP contribution in [-0.2, 0) is 0 Å². The summed E-state index contributed by atoms with van der Waals surface area (Å²) in [6, 6.07) is 11.0. The van der Waals surface area contributed by atoms with Crippen molar-refractivity contribution in [1.29, 1.82) is 0 Å². The molecule has 0 aromatic heterocycles. The highest BCUT2D eigenvalue weighted by Crippen LogP contribution is 2.23. The van der Waals surface area contributed by atoms with Gasteiger partial charge < -0.3 is 15.8 Å². The smallest absolute Gasteiger partial charge is 0.256 e. The maximum atomic E-state index is 12.4. The maximum absolute atomic E-state index is 12.4. The molecule has 0 aliphatic carbocycles. The number of ether oxygens (including phenoxy) is 1. The number of hydrogen-bond acceptors (Lipinski definition) is 3. The Morgan fingerprint density at radius 3 is 2.54 bits per heavy atom. The van der Waals surface area contributed by atoms with Gasteiger partial charge in [-0.1, -0.05) is 19.4 Å². The van der Waals surface area contributed by atoms with E-state index >= 15 is 0 Å². The van der Waals surface area contributed by atoms with Gasteiger partial charge in [0, 0.05) is 16.9 Å². The van der Waals surface area contributed by atoms with E-state index in [0.29, 0.717) is 17.9 Å². The molecule has 0 aliphatic rings. The minimum atomic E-state index is -0.155. The van der Waals surface area contributed by atoms with Gasteiger partial charge in [0.25, 0.3) is 5.91 Å². The van der Waals surface area contributed by atoms with Crippen LogP contribution in [0.5, 0.6) is 5.75 Å². The number of benzene rings is 2. The van der Waals surface area contributed by atoms with Crippen molar-refractivity contribution < 1.29 is 9.53 Å². The molecule has 0 aliphatic heterocycles. The average molecular weight is 349 g/mol. The molecule has 130 valence electrons. The molecule has 0 spiro atoms. The van der Waals surface area contributed by atoms with Gasteiger partial charge in [-0.05, 0) is 61.7 Å². The Kier molecular flexibility index (Phi) is 7.59. The molecule has 5 heteroatoms. The Hall–Kier alpha value is -2.20. The Morgan fingerprint density at radius 2 is 1.88 bits per heavy atom. The Bertz CT molecular complexity index is 702. The summed E-state index contributed by atoms with van der Waals surface area (Å²) >= 11 is 0. The first kappa shape index (κ1) is 19.8. The summed E-state index contributed by atoms with van der Waals surface area (Å²) in [4.78, 5) is 12.4. The molecule has 2 aromatic carbocycles. The molecule has 4 nitrogen and oxygen atoms in total. The van der Waals surface area contributed by atoms with E-state index in [4.69, 9.17) is 10.5 Å². The minimum absolute atomic E-state index is 0. The fourth-order valence-corrected chi connectivity index (χ4v) is 2.27. The first-order chi connectivity index (χ1) is 11.0. The lowest BCUT2D eigenvalue weighted by Crippen LogP contribution is -2.14. The zero-order valence-electron chi connectivity index (χ0n) is 14.4. The van der Waals surface area contributed by atoms with E-state index in [-0.39, 0.29) is 18.3 Å². The molecule has 2 rings (SSSR count). The van der Waals surface area contributed by atoms with Crippen LogP contribution in [0.15, 0.2) is 36.4 Å². The second kappa shape index (κ2) is 9.18. The molecule has 0 bridgehead atoms. The lowest BCUT2D eigenvalue weighted by Gasteiger charge is -2.12. The SMILES string of the molecule is CCCCOc1ccc(NC(=O)c2cc(N)ccc2C)c(C)c1.Cl. The molecule has 24 heavy (non-hydrogen) atoms. The molecule has 3 N–H and O–H groups in total. The highest BCUT2D eigenvalue weighted by Gasteiger charge is 2.11. The van der Waals surface area contributed by atoms with E-state index in [1.54, 1.807) is 12.1 Å². The maximum Gasteiger partial charge on any atom is 0.256 e. The van der Waals surface area contributed by atoms with E-state index in [9.17, 15) is 4.79 Å². The van der Waals surface area contributed by atoms with Crippen LogP contribution in [0.2, 0.25) is 0 Å². The number of carbonyl (C=O) groups excluding carboxylic acids is 1. The summed E-state index contributed by atoms with van der Waals surface area (Å²) in [5, 5.41) is 2.94. The van der Waals surface area contributed by atoms with Crippen LogP contribution in [0.3, 0.4) is 0 Å². The third kappa shape index (κ3) is 5.17. The average Bonchev–Trinajstić information content (AvgIpc) is 2.52. The van der Waals surface area contributed by atoms with Crippen molar-refractivity contribution in [3.63, 3.8) is 0 Å². The van der Waals surface area contributed by atoms with Crippen molar-refractivity contribution in [2.24, 2.45) is 0 Å². The van der Waals surface area contributed by atoms with E-state index in [1.807, 2.05) is 38.1 Å². The number of amides is 1. The van der Waals surface area contributed by atoms with Crippen molar-refractivity contribution in [1.82, 2.24) is 0 Å². The van der Waals surface area contributed by atoms with Crippen LogP contribution in [0.4, 0.5) is 11.4 Å². The Labute approximate surface area is 149 Å². The van der Waals surface area contributed by atoms with E-state index in [0.717, 1.165) is 35.4 Å². The number of carbonyl (C=O) groups is 1. The normalized spacial score (nSPS) is 9.96.